The topological polar surface area (TPSA) is 175 Å². The number of amides is 1. The molecule has 1 fully saturated rings. The maximum absolute atomic E-state index is 13.3. The molecule has 1 aliphatic heterocycles. The van der Waals surface area contributed by atoms with Gasteiger partial charge in [0.05, 0.1) is 25.4 Å². The van der Waals surface area contributed by atoms with E-state index in [1.54, 1.807) is 6.08 Å². The van der Waals surface area contributed by atoms with Crippen LogP contribution in [0.4, 0.5) is 0 Å². The molecule has 0 aliphatic carbocycles. The third-order valence-electron chi connectivity index (χ3n) is 13.1. The number of hydrogen-bond donors (Lipinski definition) is 6. The molecule has 0 bridgehead atoms. The molecule has 11 heteroatoms. The summed E-state index contributed by atoms with van der Waals surface area (Å²) in [7, 11) is 0. The zero-order valence-electron chi connectivity index (χ0n) is 45.5. The first kappa shape index (κ1) is 66.9. The fourth-order valence-electron chi connectivity index (χ4n) is 8.48. The van der Waals surface area contributed by atoms with Gasteiger partial charge in [-0.1, -0.05) is 221 Å². The van der Waals surface area contributed by atoms with Crippen molar-refractivity contribution in [3.05, 3.63) is 85.1 Å². The lowest BCUT2D eigenvalue weighted by Crippen LogP contribution is -2.61. The Hall–Kier alpha value is -3.16. The van der Waals surface area contributed by atoms with Crippen LogP contribution in [-0.2, 0) is 23.8 Å². The monoisotopic (exact) mass is 1010 g/mol. The lowest BCUT2D eigenvalue weighted by molar-refractivity contribution is -0.305. The summed E-state index contributed by atoms with van der Waals surface area (Å²) >= 11 is 0. The van der Waals surface area contributed by atoms with Crippen LogP contribution in [0.3, 0.4) is 0 Å². The van der Waals surface area contributed by atoms with Crippen LogP contribution in [0.5, 0.6) is 0 Å². The molecule has 1 amide bonds. The van der Waals surface area contributed by atoms with Crippen LogP contribution in [0.15, 0.2) is 85.1 Å². The van der Waals surface area contributed by atoms with Gasteiger partial charge in [0, 0.05) is 6.42 Å². The van der Waals surface area contributed by atoms with Gasteiger partial charge in [0.2, 0.25) is 5.91 Å². The number of nitrogens with one attached hydrogen (secondary N) is 1. The van der Waals surface area contributed by atoms with Crippen molar-refractivity contribution in [2.45, 2.75) is 275 Å². The Morgan fingerprint density at radius 1 is 0.569 bits per heavy atom. The highest BCUT2D eigenvalue weighted by atomic mass is 16.7. The van der Waals surface area contributed by atoms with Crippen LogP contribution in [0.1, 0.15) is 226 Å². The van der Waals surface area contributed by atoms with E-state index in [1.165, 1.54) is 70.6 Å². The van der Waals surface area contributed by atoms with Crippen molar-refractivity contribution < 1.29 is 49.3 Å². The van der Waals surface area contributed by atoms with Gasteiger partial charge in [0.15, 0.2) is 12.4 Å². The number of carbonyl (C=O) groups excluding carboxylic acids is 2. The molecule has 8 unspecified atom stereocenters. The summed E-state index contributed by atoms with van der Waals surface area (Å²) < 4.78 is 17.6. The van der Waals surface area contributed by atoms with Crippen LogP contribution in [0.2, 0.25) is 0 Å². The van der Waals surface area contributed by atoms with Crippen molar-refractivity contribution in [1.82, 2.24) is 5.32 Å². The second-order valence-electron chi connectivity index (χ2n) is 19.7. The maximum Gasteiger partial charge on any atom is 0.306 e. The summed E-state index contributed by atoms with van der Waals surface area (Å²) in [5.41, 5.74) is 0. The highest BCUT2D eigenvalue weighted by molar-refractivity contribution is 5.80. The van der Waals surface area contributed by atoms with E-state index in [0.717, 1.165) is 109 Å². The number of carbonyl (C=O) groups is 2. The summed E-state index contributed by atoms with van der Waals surface area (Å²) in [4.78, 5) is 26.4. The summed E-state index contributed by atoms with van der Waals surface area (Å²) in [5.74, 6) is -1.24. The molecule has 0 aromatic carbocycles. The fraction of sp³-hybridized carbons (Fsp3) is 0.738. The predicted octanol–water partition coefficient (Wildman–Crippen LogP) is 13.0. The number of hydrogen-bond acceptors (Lipinski definition) is 10. The van der Waals surface area contributed by atoms with Gasteiger partial charge >= 0.3 is 5.97 Å². The van der Waals surface area contributed by atoms with E-state index in [9.17, 15) is 35.1 Å². The molecule has 1 rings (SSSR count). The number of allylic oxidation sites excluding steroid dienone is 13. The molecule has 1 aliphatic rings. The second kappa shape index (κ2) is 48.8. The molecule has 0 saturated carbocycles. The molecule has 6 N–H and O–H groups in total. The number of aliphatic hydroxyl groups excluding tert-OH is 5. The Bertz CT molecular complexity index is 1490. The van der Waals surface area contributed by atoms with E-state index in [1.807, 2.05) is 30.4 Å². The molecular formula is C61H105NO10. The third kappa shape index (κ3) is 36.7. The minimum Gasteiger partial charge on any atom is -0.454 e. The van der Waals surface area contributed by atoms with Gasteiger partial charge in [-0.25, -0.2) is 0 Å². The summed E-state index contributed by atoms with van der Waals surface area (Å²) in [5, 5.41) is 56.8. The molecule has 0 spiro atoms. The minimum atomic E-state index is -1.63. The number of aliphatic hydroxyl groups is 5. The van der Waals surface area contributed by atoms with E-state index >= 15 is 0 Å². The van der Waals surface area contributed by atoms with Crippen LogP contribution >= 0.6 is 0 Å². The third-order valence-corrected chi connectivity index (χ3v) is 13.1. The molecule has 11 nitrogen and oxygen atoms in total. The first-order valence-corrected chi connectivity index (χ1v) is 28.9. The number of rotatable bonds is 47. The largest absolute Gasteiger partial charge is 0.454 e. The van der Waals surface area contributed by atoms with Gasteiger partial charge in [-0.3, -0.25) is 9.59 Å². The van der Waals surface area contributed by atoms with Crippen molar-refractivity contribution in [1.29, 1.82) is 0 Å². The highest BCUT2D eigenvalue weighted by Crippen LogP contribution is 2.26. The van der Waals surface area contributed by atoms with Crippen LogP contribution in [0.25, 0.3) is 0 Å². The van der Waals surface area contributed by atoms with Crippen molar-refractivity contribution >= 4 is 11.9 Å². The van der Waals surface area contributed by atoms with Gasteiger partial charge in [0.25, 0.3) is 0 Å². The van der Waals surface area contributed by atoms with E-state index in [0.29, 0.717) is 12.8 Å². The number of esters is 1. The summed E-state index contributed by atoms with van der Waals surface area (Å²) in [6.07, 6.45) is 52.0. The Labute approximate surface area is 438 Å². The van der Waals surface area contributed by atoms with Crippen LogP contribution in [-0.4, -0.2) is 99.6 Å². The Kier molecular flexibility index (Phi) is 45.3. The maximum atomic E-state index is 13.3. The smallest absolute Gasteiger partial charge is 0.306 e. The van der Waals surface area contributed by atoms with E-state index in [4.69, 9.17) is 14.2 Å². The molecular weight excluding hydrogens is 907 g/mol. The first-order valence-electron chi connectivity index (χ1n) is 28.9. The summed E-state index contributed by atoms with van der Waals surface area (Å²) in [6, 6.07) is -1.04. The Morgan fingerprint density at radius 2 is 1.06 bits per heavy atom. The van der Waals surface area contributed by atoms with Gasteiger partial charge in [-0.05, 0) is 83.5 Å². The van der Waals surface area contributed by atoms with Crippen molar-refractivity contribution in [3.63, 3.8) is 0 Å². The molecule has 72 heavy (non-hydrogen) atoms. The van der Waals surface area contributed by atoms with E-state index in [2.05, 4.69) is 74.7 Å². The van der Waals surface area contributed by atoms with Crippen molar-refractivity contribution in [3.8, 4) is 0 Å². The van der Waals surface area contributed by atoms with Gasteiger partial charge in [-0.15, -0.1) is 0 Å². The van der Waals surface area contributed by atoms with Crippen LogP contribution < -0.4 is 5.32 Å². The molecule has 0 aromatic rings. The summed E-state index contributed by atoms with van der Waals surface area (Å²) in [6.45, 7) is 5.58. The quantitative estimate of drug-likeness (QED) is 0.0149. The Balaban J connectivity index is 2.73. The zero-order valence-corrected chi connectivity index (χ0v) is 45.5. The number of unbranched alkanes of at least 4 members (excludes halogenated alkanes) is 23. The van der Waals surface area contributed by atoms with Gasteiger partial charge < -0.3 is 45.1 Å². The molecule has 1 heterocycles. The molecule has 8 atom stereocenters. The van der Waals surface area contributed by atoms with Crippen molar-refractivity contribution in [2.24, 2.45) is 0 Å². The molecule has 0 aromatic heterocycles. The minimum absolute atomic E-state index is 0.103. The predicted molar refractivity (Wildman–Crippen MR) is 296 cm³/mol. The van der Waals surface area contributed by atoms with E-state index < -0.39 is 67.4 Å². The lowest BCUT2D eigenvalue weighted by Gasteiger charge is -2.41. The molecule has 414 valence electrons. The average Bonchev–Trinajstić information content (AvgIpc) is 3.38. The standard InChI is InChI=1S/C61H105NO10/c1-4-7-10-13-16-19-22-25-26-27-28-29-30-31-34-37-40-43-46-49-56(66)72-59-58(68)57(67)55(50-63)71-61(59)70-51-52(53(64)47-44-41-38-35-32-23-20-17-14-11-8-5-2)62-60(69)54(65)48-45-42-39-36-33-24-21-18-15-12-9-6-3/h9,12,15-16,18-19,21,24-26,28-29,44,47,52-55,57-59,61,63-65,67-68H,4-8,10-11,13-14,17,20,22-23,27,30-43,45-46,48-51H2,1-3H3,(H,62,69)/b12-9+,18-15+,19-16-,24-21-,26-25-,29-28-,47-44+. The zero-order chi connectivity index (χ0) is 52.5. The second-order valence-corrected chi connectivity index (χ2v) is 19.7. The molecule has 0 radical (unpaired) electrons. The SMILES string of the molecule is CC/C=C/C=C/C=C\CCCCCCC(O)C(=O)NC(COC1OC(CO)C(O)C(O)C1OC(=O)CCCCCCCC/C=C\C/C=C\C/C=C\CCCCC)C(O)/C=C/CCCCCCCCCCCC. The normalized spacial score (nSPS) is 20.1. The van der Waals surface area contributed by atoms with Gasteiger partial charge in [0.1, 0.15) is 24.4 Å². The van der Waals surface area contributed by atoms with Crippen LogP contribution in [0, 0.1) is 0 Å². The fourth-order valence-corrected chi connectivity index (χ4v) is 8.48. The highest BCUT2D eigenvalue weighted by Gasteiger charge is 2.47. The number of ether oxygens (including phenoxy) is 3. The lowest BCUT2D eigenvalue weighted by atomic mass is 9.99. The van der Waals surface area contributed by atoms with Gasteiger partial charge in [-0.2, -0.15) is 0 Å². The first-order chi connectivity index (χ1) is 35.2. The average molecular weight is 1010 g/mol. The van der Waals surface area contributed by atoms with E-state index in [-0.39, 0.29) is 19.4 Å². The Morgan fingerprint density at radius 3 is 1.64 bits per heavy atom. The van der Waals surface area contributed by atoms with Crippen molar-refractivity contribution in [2.75, 3.05) is 13.2 Å². The molecule has 1 saturated heterocycles.